The predicted molar refractivity (Wildman–Crippen MR) is 109 cm³/mol. The molecule has 1 aromatic rings. The van der Waals surface area contributed by atoms with Crippen LogP contribution in [0.3, 0.4) is 0 Å². The van der Waals surface area contributed by atoms with Gasteiger partial charge in [0, 0.05) is 13.1 Å². The second-order valence-corrected chi connectivity index (χ2v) is 5.75. The summed E-state index contributed by atoms with van der Waals surface area (Å²) >= 11 is 0. The first kappa shape index (κ1) is 23.8. The molecule has 0 aromatic carbocycles. The summed E-state index contributed by atoms with van der Waals surface area (Å²) in [5, 5.41) is 6.56. The van der Waals surface area contributed by atoms with Crippen LogP contribution in [0.25, 0.3) is 0 Å². The van der Waals surface area contributed by atoms with E-state index in [1.54, 1.807) is 6.33 Å². The third kappa shape index (κ3) is 10.4. The largest absolute Gasteiger partial charge is 0.354 e. The molecule has 0 atom stereocenters. The molecule has 0 radical (unpaired) electrons. The SMILES string of the molecule is CCN(CC)CCCNc1ncnc(NCCCN(CC)CC)n1.Cl. The van der Waals surface area contributed by atoms with Gasteiger partial charge in [-0.2, -0.15) is 4.98 Å². The van der Waals surface area contributed by atoms with Crippen LogP contribution >= 0.6 is 12.4 Å². The third-order valence-corrected chi connectivity index (χ3v) is 4.23. The quantitative estimate of drug-likeness (QED) is 0.486. The molecular formula is C17H36ClN7. The van der Waals surface area contributed by atoms with Crippen LogP contribution in [-0.4, -0.2) is 77.1 Å². The Kier molecular flexibility index (Phi) is 14.4. The molecule has 8 heteroatoms. The van der Waals surface area contributed by atoms with Crippen LogP contribution in [0.15, 0.2) is 6.33 Å². The van der Waals surface area contributed by atoms with Gasteiger partial charge in [-0.1, -0.05) is 27.7 Å². The highest BCUT2D eigenvalue weighted by molar-refractivity contribution is 5.85. The van der Waals surface area contributed by atoms with Gasteiger partial charge >= 0.3 is 0 Å². The number of hydrogen-bond acceptors (Lipinski definition) is 7. The summed E-state index contributed by atoms with van der Waals surface area (Å²) in [7, 11) is 0. The molecule has 0 aliphatic heterocycles. The summed E-state index contributed by atoms with van der Waals surface area (Å²) < 4.78 is 0. The van der Waals surface area contributed by atoms with E-state index in [2.05, 4.69) is 63.1 Å². The number of aromatic nitrogens is 3. The van der Waals surface area contributed by atoms with Crippen molar-refractivity contribution in [3.8, 4) is 0 Å². The van der Waals surface area contributed by atoms with Gasteiger partial charge in [-0.3, -0.25) is 0 Å². The van der Waals surface area contributed by atoms with E-state index in [1.807, 2.05) is 0 Å². The van der Waals surface area contributed by atoms with Crippen LogP contribution in [-0.2, 0) is 0 Å². The van der Waals surface area contributed by atoms with Crippen molar-refractivity contribution >= 4 is 24.3 Å². The van der Waals surface area contributed by atoms with E-state index >= 15 is 0 Å². The van der Waals surface area contributed by atoms with E-state index in [0.717, 1.165) is 65.2 Å². The van der Waals surface area contributed by atoms with Crippen molar-refractivity contribution < 1.29 is 0 Å². The lowest BCUT2D eigenvalue weighted by Crippen LogP contribution is -2.26. The minimum absolute atomic E-state index is 0. The van der Waals surface area contributed by atoms with Gasteiger partial charge in [0.25, 0.3) is 0 Å². The number of halogens is 1. The van der Waals surface area contributed by atoms with Gasteiger partial charge in [-0.15, -0.1) is 12.4 Å². The molecule has 25 heavy (non-hydrogen) atoms. The second-order valence-electron chi connectivity index (χ2n) is 5.75. The Morgan fingerprint density at radius 3 is 1.52 bits per heavy atom. The van der Waals surface area contributed by atoms with Crippen LogP contribution in [0.5, 0.6) is 0 Å². The van der Waals surface area contributed by atoms with Crippen LogP contribution in [0.1, 0.15) is 40.5 Å². The van der Waals surface area contributed by atoms with E-state index < -0.39 is 0 Å². The van der Waals surface area contributed by atoms with Gasteiger partial charge in [-0.05, 0) is 52.1 Å². The molecule has 0 aliphatic carbocycles. The Hall–Kier alpha value is -1.18. The van der Waals surface area contributed by atoms with Gasteiger partial charge in [-0.25, -0.2) is 9.97 Å². The number of anilines is 2. The molecule has 0 amide bonds. The maximum Gasteiger partial charge on any atom is 0.227 e. The molecule has 7 nitrogen and oxygen atoms in total. The summed E-state index contributed by atoms with van der Waals surface area (Å²) in [6.45, 7) is 17.1. The minimum Gasteiger partial charge on any atom is -0.354 e. The highest BCUT2D eigenvalue weighted by Gasteiger charge is 2.02. The van der Waals surface area contributed by atoms with Crippen LogP contribution in [0.4, 0.5) is 11.9 Å². The molecule has 2 N–H and O–H groups in total. The highest BCUT2D eigenvalue weighted by Crippen LogP contribution is 2.02. The maximum absolute atomic E-state index is 4.42. The number of hydrogen-bond donors (Lipinski definition) is 2. The summed E-state index contributed by atoms with van der Waals surface area (Å²) in [5.41, 5.74) is 0. The zero-order valence-corrected chi connectivity index (χ0v) is 17.1. The van der Waals surface area contributed by atoms with Gasteiger partial charge < -0.3 is 20.4 Å². The van der Waals surface area contributed by atoms with E-state index in [4.69, 9.17) is 0 Å². The zero-order valence-electron chi connectivity index (χ0n) is 16.3. The summed E-state index contributed by atoms with van der Waals surface area (Å²) in [6, 6.07) is 0. The van der Waals surface area contributed by atoms with E-state index in [9.17, 15) is 0 Å². The highest BCUT2D eigenvalue weighted by atomic mass is 35.5. The molecular weight excluding hydrogens is 338 g/mol. The van der Waals surface area contributed by atoms with E-state index in [0.29, 0.717) is 11.9 Å². The van der Waals surface area contributed by atoms with Crippen molar-refractivity contribution in [2.75, 3.05) is 63.0 Å². The molecule has 0 fully saturated rings. The Bertz CT molecular complexity index is 390. The van der Waals surface area contributed by atoms with Gasteiger partial charge in [0.15, 0.2) is 0 Å². The Labute approximate surface area is 159 Å². The molecule has 0 saturated carbocycles. The molecule has 0 spiro atoms. The molecule has 146 valence electrons. The number of nitrogens with zero attached hydrogens (tertiary/aromatic N) is 5. The number of nitrogens with one attached hydrogen (secondary N) is 2. The predicted octanol–water partition coefficient (Wildman–Crippen LogP) is 2.58. The monoisotopic (exact) mass is 373 g/mol. The van der Waals surface area contributed by atoms with Gasteiger partial charge in [0.1, 0.15) is 6.33 Å². The van der Waals surface area contributed by atoms with Gasteiger partial charge in [0.05, 0.1) is 0 Å². The van der Waals surface area contributed by atoms with Crippen LogP contribution in [0.2, 0.25) is 0 Å². The molecule has 0 saturated heterocycles. The molecule has 0 unspecified atom stereocenters. The van der Waals surface area contributed by atoms with Gasteiger partial charge in [0.2, 0.25) is 11.9 Å². The summed E-state index contributed by atoms with van der Waals surface area (Å²) in [4.78, 5) is 17.6. The first-order chi connectivity index (χ1) is 11.7. The van der Waals surface area contributed by atoms with E-state index in [-0.39, 0.29) is 12.4 Å². The normalized spacial score (nSPS) is 10.8. The standard InChI is InChI=1S/C17H35N7.ClH/c1-5-23(6-2)13-9-11-18-16-20-15-21-17(22-16)19-12-10-14-24(7-3)8-4;/h15H,5-14H2,1-4H3,(H2,18,19,20,21,22);1H. The molecule has 0 bridgehead atoms. The summed E-state index contributed by atoms with van der Waals surface area (Å²) in [6.07, 6.45) is 3.73. The maximum atomic E-state index is 4.42. The lowest BCUT2D eigenvalue weighted by atomic mass is 10.3. The van der Waals surface area contributed by atoms with Crippen molar-refractivity contribution in [2.24, 2.45) is 0 Å². The average molecular weight is 374 g/mol. The van der Waals surface area contributed by atoms with Crippen LogP contribution < -0.4 is 10.6 Å². The van der Waals surface area contributed by atoms with Crippen molar-refractivity contribution in [1.29, 1.82) is 0 Å². The smallest absolute Gasteiger partial charge is 0.227 e. The second kappa shape index (κ2) is 15.1. The Balaban J connectivity index is 0.00000576. The fourth-order valence-corrected chi connectivity index (χ4v) is 2.55. The average Bonchev–Trinajstić information content (AvgIpc) is 2.62. The first-order valence-corrected chi connectivity index (χ1v) is 9.34. The molecule has 1 heterocycles. The Morgan fingerprint density at radius 2 is 1.16 bits per heavy atom. The third-order valence-electron chi connectivity index (χ3n) is 4.23. The van der Waals surface area contributed by atoms with Crippen LogP contribution in [0, 0.1) is 0 Å². The minimum atomic E-state index is 0. The Morgan fingerprint density at radius 1 is 0.760 bits per heavy atom. The lowest BCUT2D eigenvalue weighted by molar-refractivity contribution is 0.303. The van der Waals surface area contributed by atoms with Crippen molar-refractivity contribution in [2.45, 2.75) is 40.5 Å². The van der Waals surface area contributed by atoms with Crippen molar-refractivity contribution in [1.82, 2.24) is 24.8 Å². The summed E-state index contributed by atoms with van der Waals surface area (Å²) in [5.74, 6) is 1.30. The lowest BCUT2D eigenvalue weighted by Gasteiger charge is -2.18. The zero-order chi connectivity index (χ0) is 17.6. The topological polar surface area (TPSA) is 69.2 Å². The van der Waals surface area contributed by atoms with E-state index in [1.165, 1.54) is 0 Å². The molecule has 1 aromatic heterocycles. The molecule has 1 rings (SSSR count). The van der Waals surface area contributed by atoms with Crippen molar-refractivity contribution in [3.05, 3.63) is 6.33 Å². The fourth-order valence-electron chi connectivity index (χ4n) is 2.55. The number of rotatable bonds is 14. The first-order valence-electron chi connectivity index (χ1n) is 9.34. The van der Waals surface area contributed by atoms with Crippen molar-refractivity contribution in [3.63, 3.8) is 0 Å². The fraction of sp³-hybridized carbons (Fsp3) is 0.824. The molecule has 0 aliphatic rings.